The lowest BCUT2D eigenvalue weighted by Gasteiger charge is -2.40. The molecule has 1 unspecified atom stereocenters. The monoisotopic (exact) mass is 650 g/mol. The normalized spacial score (nSPS) is 16.8. The van der Waals surface area contributed by atoms with Crippen LogP contribution in [0.2, 0.25) is 0 Å². The molecule has 1 heterocycles. The Morgan fingerprint density at radius 2 is 0.922 bits per heavy atom. The predicted molar refractivity (Wildman–Crippen MR) is 210 cm³/mol. The standard InChI is InChI=1S/C50H34O/c1-49(2)41-20-7-8-23-45(41)51-46-29-28-34(30-44(46)49)31-24-26-32(27-25-31)35-16-11-22-43-48(35)38-15-4-6-19-40(38)50(43)39-18-5-3-14-36(39)37-17-9-12-33-13-10-21-42(50)47(33)37/h3-30H,1-2H3. The SMILES string of the molecule is CC1(C)c2ccccc2Oc2ccc(-c3ccc(-c4cccc5c4-c4ccccc4C54c5ccccc5-c5cccc6cccc4c56)cc3)cc21. The number of para-hydroxylation sites is 1. The number of fused-ring (bicyclic) bond motifs is 11. The highest BCUT2D eigenvalue weighted by atomic mass is 16.5. The first-order valence-corrected chi connectivity index (χ1v) is 17.9. The Morgan fingerprint density at radius 1 is 0.373 bits per heavy atom. The first-order valence-electron chi connectivity index (χ1n) is 17.9. The smallest absolute Gasteiger partial charge is 0.131 e. The van der Waals surface area contributed by atoms with Gasteiger partial charge in [-0.3, -0.25) is 0 Å². The molecule has 0 radical (unpaired) electrons. The molecule has 0 N–H and O–H groups in total. The fourth-order valence-electron chi connectivity index (χ4n) is 9.68. The van der Waals surface area contributed by atoms with Crippen LogP contribution in [0.1, 0.15) is 47.2 Å². The van der Waals surface area contributed by atoms with E-state index in [1.54, 1.807) is 0 Å². The van der Waals surface area contributed by atoms with E-state index in [-0.39, 0.29) is 5.41 Å². The molecule has 8 aromatic carbocycles. The van der Waals surface area contributed by atoms with Crippen LogP contribution in [-0.4, -0.2) is 0 Å². The minimum atomic E-state index is -0.414. The lowest BCUT2D eigenvalue weighted by atomic mass is 9.61. The van der Waals surface area contributed by atoms with Gasteiger partial charge in [-0.05, 0) is 95.7 Å². The zero-order valence-corrected chi connectivity index (χ0v) is 28.6. The van der Waals surface area contributed by atoms with Crippen molar-refractivity contribution < 1.29 is 4.74 Å². The minimum Gasteiger partial charge on any atom is -0.457 e. The van der Waals surface area contributed by atoms with Gasteiger partial charge < -0.3 is 4.74 Å². The molecule has 51 heavy (non-hydrogen) atoms. The molecular weight excluding hydrogens is 617 g/mol. The maximum Gasteiger partial charge on any atom is 0.131 e. The topological polar surface area (TPSA) is 9.23 Å². The summed E-state index contributed by atoms with van der Waals surface area (Å²) in [5, 5.41) is 2.65. The van der Waals surface area contributed by atoms with Crippen LogP contribution in [0.5, 0.6) is 11.5 Å². The molecule has 1 aliphatic heterocycles. The average Bonchev–Trinajstić information content (AvgIpc) is 3.48. The zero-order chi connectivity index (χ0) is 33.9. The van der Waals surface area contributed by atoms with Crippen LogP contribution in [0, 0.1) is 0 Å². The van der Waals surface area contributed by atoms with E-state index in [9.17, 15) is 0 Å². The summed E-state index contributed by atoms with van der Waals surface area (Å²) in [6.07, 6.45) is 0. The van der Waals surface area contributed by atoms with Crippen molar-refractivity contribution in [2.45, 2.75) is 24.7 Å². The van der Waals surface area contributed by atoms with E-state index in [0.717, 1.165) is 11.5 Å². The van der Waals surface area contributed by atoms with Gasteiger partial charge >= 0.3 is 0 Å². The zero-order valence-electron chi connectivity index (χ0n) is 28.6. The molecule has 2 aliphatic carbocycles. The largest absolute Gasteiger partial charge is 0.457 e. The molecule has 0 fully saturated rings. The summed E-state index contributed by atoms with van der Waals surface area (Å²) in [7, 11) is 0. The second-order valence-electron chi connectivity index (χ2n) is 14.8. The Morgan fingerprint density at radius 3 is 1.75 bits per heavy atom. The molecule has 1 heteroatoms. The van der Waals surface area contributed by atoms with Crippen LogP contribution in [0.25, 0.3) is 55.3 Å². The third-order valence-electron chi connectivity index (χ3n) is 12.0. The summed E-state index contributed by atoms with van der Waals surface area (Å²) in [6, 6.07) is 63.0. The highest BCUT2D eigenvalue weighted by molar-refractivity contribution is 6.08. The second kappa shape index (κ2) is 10.2. The van der Waals surface area contributed by atoms with Crippen molar-refractivity contribution in [3.63, 3.8) is 0 Å². The Balaban J connectivity index is 1.08. The van der Waals surface area contributed by atoms with Crippen molar-refractivity contribution in [3.05, 3.63) is 203 Å². The van der Waals surface area contributed by atoms with Crippen LogP contribution in [0.3, 0.4) is 0 Å². The fourth-order valence-corrected chi connectivity index (χ4v) is 9.68. The Labute approximate surface area is 298 Å². The van der Waals surface area contributed by atoms with Gasteiger partial charge in [0.2, 0.25) is 0 Å². The summed E-state index contributed by atoms with van der Waals surface area (Å²) in [5.41, 5.74) is 17.5. The number of ether oxygens (including phenoxy) is 1. The molecule has 11 rings (SSSR count). The number of hydrogen-bond acceptors (Lipinski definition) is 1. The number of rotatable bonds is 2. The summed E-state index contributed by atoms with van der Waals surface area (Å²) in [6.45, 7) is 4.59. The van der Waals surface area contributed by atoms with Gasteiger partial charge in [-0.15, -0.1) is 0 Å². The number of benzene rings is 8. The second-order valence-corrected chi connectivity index (χ2v) is 14.8. The Bertz CT molecular complexity index is 2740. The van der Waals surface area contributed by atoms with Gasteiger partial charge in [-0.25, -0.2) is 0 Å². The van der Waals surface area contributed by atoms with Crippen molar-refractivity contribution in [2.75, 3.05) is 0 Å². The van der Waals surface area contributed by atoms with Crippen LogP contribution >= 0.6 is 0 Å². The van der Waals surface area contributed by atoms with Gasteiger partial charge in [0.25, 0.3) is 0 Å². The predicted octanol–water partition coefficient (Wildman–Crippen LogP) is 12.9. The lowest BCUT2D eigenvalue weighted by molar-refractivity contribution is 0.418. The third-order valence-corrected chi connectivity index (χ3v) is 12.0. The van der Waals surface area contributed by atoms with Crippen molar-refractivity contribution in [1.29, 1.82) is 0 Å². The van der Waals surface area contributed by atoms with E-state index >= 15 is 0 Å². The lowest BCUT2D eigenvalue weighted by Crippen LogP contribution is -2.31. The maximum absolute atomic E-state index is 6.36. The van der Waals surface area contributed by atoms with Gasteiger partial charge in [-0.2, -0.15) is 0 Å². The summed E-state index contributed by atoms with van der Waals surface area (Å²) >= 11 is 0. The number of hydrogen-bond donors (Lipinski definition) is 0. The van der Waals surface area contributed by atoms with E-state index in [4.69, 9.17) is 4.74 Å². The van der Waals surface area contributed by atoms with Gasteiger partial charge in [0.1, 0.15) is 11.5 Å². The third kappa shape index (κ3) is 3.71. The first kappa shape index (κ1) is 28.6. The average molecular weight is 651 g/mol. The van der Waals surface area contributed by atoms with Gasteiger partial charge in [0.15, 0.2) is 0 Å². The van der Waals surface area contributed by atoms with Crippen LogP contribution in [0.4, 0.5) is 0 Å². The molecule has 0 saturated heterocycles. The summed E-state index contributed by atoms with van der Waals surface area (Å²) in [5.74, 6) is 1.89. The fraction of sp³-hybridized carbons (Fsp3) is 0.0800. The molecule has 0 bridgehead atoms. The molecule has 3 aliphatic rings. The van der Waals surface area contributed by atoms with E-state index < -0.39 is 5.41 Å². The van der Waals surface area contributed by atoms with Gasteiger partial charge in [0, 0.05) is 16.5 Å². The van der Waals surface area contributed by atoms with E-state index in [2.05, 4.69) is 178 Å². The Hall–Kier alpha value is -6.18. The molecular formula is C50H34O. The van der Waals surface area contributed by atoms with Crippen molar-refractivity contribution in [1.82, 2.24) is 0 Å². The molecule has 1 spiro atoms. The van der Waals surface area contributed by atoms with Crippen LogP contribution in [0.15, 0.2) is 170 Å². The molecule has 0 saturated carbocycles. The highest BCUT2D eigenvalue weighted by Gasteiger charge is 2.50. The maximum atomic E-state index is 6.36. The summed E-state index contributed by atoms with van der Waals surface area (Å²) < 4.78 is 6.36. The van der Waals surface area contributed by atoms with Crippen LogP contribution < -0.4 is 4.74 Å². The minimum absolute atomic E-state index is 0.156. The van der Waals surface area contributed by atoms with Crippen LogP contribution in [-0.2, 0) is 10.8 Å². The van der Waals surface area contributed by atoms with Crippen molar-refractivity contribution in [3.8, 4) is 56.0 Å². The molecule has 1 nitrogen and oxygen atoms in total. The summed E-state index contributed by atoms with van der Waals surface area (Å²) in [4.78, 5) is 0. The van der Waals surface area contributed by atoms with E-state index in [0.29, 0.717) is 0 Å². The molecule has 8 aromatic rings. The van der Waals surface area contributed by atoms with Gasteiger partial charge in [0.05, 0.1) is 5.41 Å². The van der Waals surface area contributed by atoms with E-state index in [1.165, 1.54) is 88.7 Å². The molecule has 0 amide bonds. The molecule has 1 atom stereocenters. The first-order chi connectivity index (χ1) is 25.0. The van der Waals surface area contributed by atoms with Gasteiger partial charge in [-0.1, -0.05) is 166 Å². The molecule has 240 valence electrons. The van der Waals surface area contributed by atoms with Crippen molar-refractivity contribution >= 4 is 10.8 Å². The van der Waals surface area contributed by atoms with E-state index in [1.807, 2.05) is 6.07 Å². The highest BCUT2D eigenvalue weighted by Crippen LogP contribution is 2.63. The van der Waals surface area contributed by atoms with Crippen molar-refractivity contribution in [2.24, 2.45) is 0 Å². The Kier molecular flexibility index (Phi) is 5.72. The quantitative estimate of drug-likeness (QED) is 0.181. The molecule has 0 aromatic heterocycles.